The van der Waals surface area contributed by atoms with Gasteiger partial charge in [0.1, 0.15) is 6.04 Å². The van der Waals surface area contributed by atoms with Crippen LogP contribution in [0.5, 0.6) is 0 Å². The summed E-state index contributed by atoms with van der Waals surface area (Å²) in [5.41, 5.74) is 1.12. The third kappa shape index (κ3) is 4.25. The van der Waals surface area contributed by atoms with Gasteiger partial charge in [0, 0.05) is 22.7 Å². The first-order valence-corrected chi connectivity index (χ1v) is 9.58. The summed E-state index contributed by atoms with van der Waals surface area (Å²) in [5, 5.41) is 0.334. The molecular weight excluding hydrogens is 365 g/mol. The maximum atomic E-state index is 13.6. The Morgan fingerprint density at radius 2 is 1.65 bits per heavy atom. The lowest BCUT2D eigenvalue weighted by Crippen LogP contribution is -2.39. The molecule has 0 amide bonds. The van der Waals surface area contributed by atoms with E-state index in [2.05, 4.69) is 4.98 Å². The monoisotopic (exact) mass is 382 g/mol. The van der Waals surface area contributed by atoms with Crippen LogP contribution in [0.1, 0.15) is 17.2 Å². The van der Waals surface area contributed by atoms with Crippen molar-refractivity contribution in [1.82, 2.24) is 9.71 Å². The molecule has 3 aromatic rings. The highest BCUT2D eigenvalue weighted by atomic mass is 32.2. The second-order valence-electron chi connectivity index (χ2n) is 5.94. The number of fused-ring (bicyclic) bond motifs is 1. The number of benzene rings is 2. The summed E-state index contributed by atoms with van der Waals surface area (Å²) < 4.78 is 67.1. The normalized spacial score (nSPS) is 13.8. The van der Waals surface area contributed by atoms with Crippen molar-refractivity contribution in [3.8, 4) is 0 Å². The van der Waals surface area contributed by atoms with E-state index in [0.717, 1.165) is 5.56 Å². The number of rotatable bonds is 6. The zero-order valence-electron chi connectivity index (χ0n) is 13.6. The first-order valence-electron chi connectivity index (χ1n) is 7.93. The van der Waals surface area contributed by atoms with Crippen molar-refractivity contribution in [3.05, 3.63) is 71.9 Å². The van der Waals surface area contributed by atoms with Gasteiger partial charge in [0.2, 0.25) is 10.0 Å². The zero-order chi connectivity index (χ0) is 18.8. The van der Waals surface area contributed by atoms with Gasteiger partial charge in [0.05, 0.1) is 5.75 Å². The molecule has 4 nitrogen and oxygen atoms in total. The lowest BCUT2D eigenvalue weighted by molar-refractivity contribution is -0.152. The third-order valence-corrected chi connectivity index (χ3v) is 5.40. The van der Waals surface area contributed by atoms with Crippen LogP contribution in [0.4, 0.5) is 13.2 Å². The Hall–Kier alpha value is -2.32. The number of hydrogen-bond acceptors (Lipinski definition) is 2. The van der Waals surface area contributed by atoms with E-state index < -0.39 is 28.0 Å². The predicted octanol–water partition coefficient (Wildman–Crippen LogP) is 3.93. The Morgan fingerprint density at radius 3 is 2.35 bits per heavy atom. The summed E-state index contributed by atoms with van der Waals surface area (Å²) in [4.78, 5) is 2.75. The second kappa shape index (κ2) is 7.13. The Labute approximate surface area is 149 Å². The van der Waals surface area contributed by atoms with Gasteiger partial charge < -0.3 is 4.98 Å². The van der Waals surface area contributed by atoms with E-state index >= 15 is 0 Å². The van der Waals surface area contributed by atoms with Gasteiger partial charge in [-0.05, 0) is 18.1 Å². The van der Waals surface area contributed by atoms with Gasteiger partial charge in [-0.15, -0.1) is 0 Å². The minimum Gasteiger partial charge on any atom is -0.361 e. The predicted molar refractivity (Wildman–Crippen MR) is 94.2 cm³/mol. The molecule has 1 aromatic heterocycles. The summed E-state index contributed by atoms with van der Waals surface area (Å²) in [5.74, 6) is -0.425. The minimum absolute atomic E-state index is 0.134. The number of aromatic amines is 1. The van der Waals surface area contributed by atoms with E-state index in [1.807, 2.05) is 4.72 Å². The molecular formula is C18H17F3N2O2S. The Bertz CT molecular complexity index is 982. The molecule has 0 saturated carbocycles. The Morgan fingerprint density at radius 1 is 1.00 bits per heavy atom. The van der Waals surface area contributed by atoms with Gasteiger partial charge in [-0.25, -0.2) is 8.42 Å². The minimum atomic E-state index is -4.76. The van der Waals surface area contributed by atoms with Gasteiger partial charge in [0.25, 0.3) is 0 Å². The van der Waals surface area contributed by atoms with Crippen molar-refractivity contribution in [2.24, 2.45) is 0 Å². The van der Waals surface area contributed by atoms with E-state index in [1.54, 1.807) is 48.5 Å². The van der Waals surface area contributed by atoms with Crippen LogP contribution < -0.4 is 4.72 Å². The molecule has 1 unspecified atom stereocenters. The highest BCUT2D eigenvalue weighted by molar-refractivity contribution is 7.89. The maximum absolute atomic E-state index is 13.6. The summed E-state index contributed by atoms with van der Waals surface area (Å²) in [6.07, 6.45) is -3.43. The number of halogens is 3. The fourth-order valence-electron chi connectivity index (χ4n) is 2.77. The van der Waals surface area contributed by atoms with Crippen LogP contribution in [0.15, 0.2) is 60.8 Å². The van der Waals surface area contributed by atoms with Gasteiger partial charge in [-0.2, -0.15) is 17.9 Å². The molecule has 8 heteroatoms. The van der Waals surface area contributed by atoms with E-state index in [4.69, 9.17) is 0 Å². The number of nitrogens with one attached hydrogen (secondary N) is 2. The summed E-state index contributed by atoms with van der Waals surface area (Å²) >= 11 is 0. The van der Waals surface area contributed by atoms with Crippen molar-refractivity contribution in [1.29, 1.82) is 0 Å². The van der Waals surface area contributed by atoms with Gasteiger partial charge in [-0.3, -0.25) is 0 Å². The van der Waals surface area contributed by atoms with E-state index in [0.29, 0.717) is 10.9 Å². The van der Waals surface area contributed by atoms with Crippen LogP contribution in [0.3, 0.4) is 0 Å². The van der Waals surface area contributed by atoms with Crippen LogP contribution in [0, 0.1) is 0 Å². The second-order valence-corrected chi connectivity index (χ2v) is 7.81. The fraction of sp³-hybridized carbons (Fsp3) is 0.222. The average Bonchev–Trinajstić information content (AvgIpc) is 3.02. The summed E-state index contributed by atoms with van der Waals surface area (Å²) in [6.45, 7) is 0. The standard InChI is InChI=1S/C18H17F3N2O2S/c19-18(20,21)17(15-12-22-16-9-5-4-8-14(15)16)23-26(24,25)11-10-13-6-2-1-3-7-13/h1-9,12,17,22-23H,10-11H2. The number of alkyl halides is 3. The quantitative estimate of drug-likeness (QED) is 0.679. The van der Waals surface area contributed by atoms with Gasteiger partial charge in [-0.1, -0.05) is 48.5 Å². The van der Waals surface area contributed by atoms with Crippen molar-refractivity contribution in [2.75, 3.05) is 5.75 Å². The first-order chi connectivity index (χ1) is 12.3. The zero-order valence-corrected chi connectivity index (χ0v) is 14.4. The van der Waals surface area contributed by atoms with Gasteiger partial charge in [0.15, 0.2) is 0 Å². The van der Waals surface area contributed by atoms with E-state index in [9.17, 15) is 21.6 Å². The van der Waals surface area contributed by atoms with Crippen LogP contribution in [-0.4, -0.2) is 25.3 Å². The molecule has 0 spiro atoms. The molecule has 0 bridgehead atoms. The van der Waals surface area contributed by atoms with E-state index in [-0.39, 0.29) is 12.0 Å². The molecule has 1 heterocycles. The fourth-order valence-corrected chi connectivity index (χ4v) is 4.02. The summed E-state index contributed by atoms with van der Waals surface area (Å²) in [7, 11) is -4.14. The molecule has 0 fully saturated rings. The van der Waals surface area contributed by atoms with Crippen LogP contribution >= 0.6 is 0 Å². The largest absolute Gasteiger partial charge is 0.408 e. The molecule has 0 saturated heterocycles. The Balaban J connectivity index is 1.85. The van der Waals surface area contributed by atoms with Crippen LogP contribution in [0.2, 0.25) is 0 Å². The van der Waals surface area contributed by atoms with Crippen molar-refractivity contribution in [2.45, 2.75) is 18.6 Å². The first kappa shape index (κ1) is 18.5. The number of aryl methyl sites for hydroxylation is 1. The molecule has 0 radical (unpaired) electrons. The lowest BCUT2D eigenvalue weighted by atomic mass is 10.1. The molecule has 2 aromatic carbocycles. The third-order valence-electron chi connectivity index (χ3n) is 4.06. The van der Waals surface area contributed by atoms with Crippen LogP contribution in [0.25, 0.3) is 10.9 Å². The number of para-hydroxylation sites is 1. The molecule has 2 N–H and O–H groups in total. The summed E-state index contributed by atoms with van der Waals surface area (Å²) in [6, 6.07) is 12.9. The van der Waals surface area contributed by atoms with Gasteiger partial charge >= 0.3 is 6.18 Å². The molecule has 3 rings (SSSR count). The van der Waals surface area contributed by atoms with E-state index in [1.165, 1.54) is 12.3 Å². The number of H-pyrrole nitrogens is 1. The SMILES string of the molecule is O=S(=O)(CCc1ccccc1)NC(c1c[nH]c2ccccc12)C(F)(F)F. The Kier molecular flexibility index (Phi) is 5.06. The number of sulfonamides is 1. The molecule has 138 valence electrons. The number of aromatic nitrogens is 1. The highest BCUT2D eigenvalue weighted by Crippen LogP contribution is 2.36. The number of hydrogen-bond donors (Lipinski definition) is 2. The smallest absolute Gasteiger partial charge is 0.361 e. The topological polar surface area (TPSA) is 62.0 Å². The molecule has 26 heavy (non-hydrogen) atoms. The molecule has 0 aliphatic carbocycles. The molecule has 0 aliphatic heterocycles. The van der Waals surface area contributed by atoms with Crippen molar-refractivity contribution < 1.29 is 21.6 Å². The lowest BCUT2D eigenvalue weighted by Gasteiger charge is -2.21. The molecule has 1 atom stereocenters. The molecule has 0 aliphatic rings. The van der Waals surface area contributed by atoms with Crippen LogP contribution in [-0.2, 0) is 16.4 Å². The van der Waals surface area contributed by atoms with Crippen molar-refractivity contribution >= 4 is 20.9 Å². The highest BCUT2D eigenvalue weighted by Gasteiger charge is 2.44. The maximum Gasteiger partial charge on any atom is 0.408 e. The average molecular weight is 382 g/mol. The van der Waals surface area contributed by atoms with Crippen molar-refractivity contribution in [3.63, 3.8) is 0 Å².